The Morgan fingerprint density at radius 2 is 2.24 bits per heavy atom. The summed E-state index contributed by atoms with van der Waals surface area (Å²) in [5.74, 6) is -1.01. The van der Waals surface area contributed by atoms with Gasteiger partial charge in [-0.25, -0.2) is 18.2 Å². The van der Waals surface area contributed by atoms with Crippen molar-refractivity contribution in [3.05, 3.63) is 23.9 Å². The molecule has 94 valence electrons. The first-order valence-electron chi connectivity index (χ1n) is 4.92. The fourth-order valence-electron chi connectivity index (χ4n) is 1.42. The molecule has 1 unspecified atom stereocenters. The summed E-state index contributed by atoms with van der Waals surface area (Å²) >= 11 is 0. The van der Waals surface area contributed by atoms with Crippen LogP contribution in [0.15, 0.2) is 18.3 Å². The van der Waals surface area contributed by atoms with Crippen molar-refractivity contribution in [1.29, 1.82) is 0 Å². The maximum Gasteiger partial charge on any atom is 0.339 e. The van der Waals surface area contributed by atoms with Crippen molar-refractivity contribution in [3.8, 4) is 0 Å². The van der Waals surface area contributed by atoms with E-state index in [1.54, 1.807) is 6.92 Å². The largest absolute Gasteiger partial charge is 0.478 e. The minimum Gasteiger partial charge on any atom is -0.478 e. The Bertz CT molecular complexity index is 513. The third-order valence-electron chi connectivity index (χ3n) is 1.97. The molecule has 1 rings (SSSR count). The van der Waals surface area contributed by atoms with E-state index in [9.17, 15) is 13.2 Å². The van der Waals surface area contributed by atoms with E-state index in [2.05, 4.69) is 10.3 Å². The molecule has 1 heterocycles. The number of nitrogens with one attached hydrogen (secondary N) is 1. The highest BCUT2D eigenvalue weighted by atomic mass is 32.2. The van der Waals surface area contributed by atoms with Gasteiger partial charge in [0.1, 0.15) is 21.2 Å². The van der Waals surface area contributed by atoms with Gasteiger partial charge in [-0.3, -0.25) is 0 Å². The molecule has 0 fully saturated rings. The number of carboxylic acid groups (broad SMARTS) is 1. The van der Waals surface area contributed by atoms with Crippen molar-refractivity contribution in [2.75, 3.05) is 17.3 Å². The first-order chi connectivity index (χ1) is 7.79. The van der Waals surface area contributed by atoms with Gasteiger partial charge in [0.25, 0.3) is 0 Å². The van der Waals surface area contributed by atoms with Crippen LogP contribution < -0.4 is 5.32 Å². The molecule has 2 N–H and O–H groups in total. The fourth-order valence-corrected chi connectivity index (χ4v) is 2.41. The summed E-state index contributed by atoms with van der Waals surface area (Å²) in [7, 11) is -3.11. The monoisotopic (exact) mass is 258 g/mol. The van der Waals surface area contributed by atoms with Crippen molar-refractivity contribution in [3.63, 3.8) is 0 Å². The fraction of sp³-hybridized carbons (Fsp3) is 0.400. The minimum atomic E-state index is -3.11. The second-order valence-electron chi connectivity index (χ2n) is 3.84. The van der Waals surface area contributed by atoms with Crippen LogP contribution in [-0.4, -0.2) is 42.5 Å². The number of aromatic carboxylic acids is 1. The topological polar surface area (TPSA) is 96.4 Å². The molecule has 0 spiro atoms. The van der Waals surface area contributed by atoms with Crippen LogP contribution in [0.3, 0.4) is 0 Å². The molecule has 7 heteroatoms. The van der Waals surface area contributed by atoms with Crippen LogP contribution in [0.2, 0.25) is 0 Å². The Hall–Kier alpha value is -1.63. The highest BCUT2D eigenvalue weighted by molar-refractivity contribution is 7.90. The number of nitrogens with zero attached hydrogens (tertiary/aromatic N) is 1. The van der Waals surface area contributed by atoms with E-state index in [1.165, 1.54) is 18.3 Å². The molecule has 17 heavy (non-hydrogen) atoms. The predicted molar refractivity (Wildman–Crippen MR) is 64.0 cm³/mol. The zero-order valence-corrected chi connectivity index (χ0v) is 10.4. The summed E-state index contributed by atoms with van der Waals surface area (Å²) in [5.41, 5.74) is 0.0212. The van der Waals surface area contributed by atoms with E-state index in [0.29, 0.717) is 0 Å². The standard InChI is InChI=1S/C10H14N2O4S/c1-7(6-17(2,15)16)12-9-8(10(13)14)4-3-5-11-9/h3-5,7H,6H2,1-2H3,(H,11,12)(H,13,14). The van der Waals surface area contributed by atoms with Crippen LogP contribution in [0.4, 0.5) is 5.82 Å². The van der Waals surface area contributed by atoms with Crippen molar-refractivity contribution >= 4 is 21.6 Å². The average molecular weight is 258 g/mol. The van der Waals surface area contributed by atoms with Gasteiger partial charge < -0.3 is 10.4 Å². The van der Waals surface area contributed by atoms with Crippen molar-refractivity contribution in [2.45, 2.75) is 13.0 Å². The molecule has 0 radical (unpaired) electrons. The van der Waals surface area contributed by atoms with Crippen molar-refractivity contribution < 1.29 is 18.3 Å². The van der Waals surface area contributed by atoms with E-state index in [4.69, 9.17) is 5.11 Å². The van der Waals surface area contributed by atoms with E-state index >= 15 is 0 Å². The third-order valence-corrected chi connectivity index (χ3v) is 3.08. The van der Waals surface area contributed by atoms with E-state index in [-0.39, 0.29) is 17.1 Å². The Balaban J connectivity index is 2.85. The molecule has 0 aliphatic rings. The summed E-state index contributed by atoms with van der Waals surface area (Å²) in [6.45, 7) is 1.65. The molecule has 0 aliphatic heterocycles. The van der Waals surface area contributed by atoms with Gasteiger partial charge in [0.05, 0.1) is 5.75 Å². The second-order valence-corrected chi connectivity index (χ2v) is 6.03. The van der Waals surface area contributed by atoms with Gasteiger partial charge in [0.15, 0.2) is 0 Å². The number of carboxylic acids is 1. The Kier molecular flexibility index (Phi) is 4.06. The zero-order chi connectivity index (χ0) is 13.1. The van der Waals surface area contributed by atoms with E-state index < -0.39 is 21.8 Å². The molecular formula is C10H14N2O4S. The quantitative estimate of drug-likeness (QED) is 0.804. The second kappa shape index (κ2) is 5.13. The lowest BCUT2D eigenvalue weighted by Crippen LogP contribution is -2.26. The number of rotatable bonds is 5. The van der Waals surface area contributed by atoms with Gasteiger partial charge in [-0.2, -0.15) is 0 Å². The Morgan fingerprint density at radius 3 is 2.76 bits per heavy atom. The summed E-state index contributed by atoms with van der Waals surface area (Å²) < 4.78 is 22.1. The van der Waals surface area contributed by atoms with E-state index in [1.807, 2.05) is 0 Å². The molecule has 0 amide bonds. The molecule has 0 aliphatic carbocycles. The normalized spacial score (nSPS) is 13.1. The van der Waals surface area contributed by atoms with E-state index in [0.717, 1.165) is 6.26 Å². The first-order valence-corrected chi connectivity index (χ1v) is 6.98. The lowest BCUT2D eigenvalue weighted by atomic mass is 10.2. The van der Waals surface area contributed by atoms with Crippen molar-refractivity contribution in [1.82, 2.24) is 4.98 Å². The van der Waals surface area contributed by atoms with Crippen LogP contribution in [0.1, 0.15) is 17.3 Å². The average Bonchev–Trinajstić information content (AvgIpc) is 2.14. The lowest BCUT2D eigenvalue weighted by Gasteiger charge is -2.14. The van der Waals surface area contributed by atoms with Crippen LogP contribution in [0.5, 0.6) is 0 Å². The van der Waals surface area contributed by atoms with Crippen LogP contribution in [0, 0.1) is 0 Å². The highest BCUT2D eigenvalue weighted by Gasteiger charge is 2.15. The van der Waals surface area contributed by atoms with Crippen LogP contribution in [0.25, 0.3) is 0 Å². The Morgan fingerprint density at radius 1 is 1.59 bits per heavy atom. The molecule has 0 bridgehead atoms. The SMILES string of the molecule is CC(CS(C)(=O)=O)Nc1ncccc1C(=O)O. The summed E-state index contributed by atoms with van der Waals surface area (Å²) in [4.78, 5) is 14.8. The Labute approximate surface area is 99.6 Å². The van der Waals surface area contributed by atoms with Gasteiger partial charge in [-0.05, 0) is 19.1 Å². The summed E-state index contributed by atoms with van der Waals surface area (Å²) in [5, 5.41) is 11.7. The number of anilines is 1. The van der Waals surface area contributed by atoms with Crippen molar-refractivity contribution in [2.24, 2.45) is 0 Å². The van der Waals surface area contributed by atoms with Gasteiger partial charge >= 0.3 is 5.97 Å². The number of sulfone groups is 1. The molecule has 0 aromatic carbocycles. The molecule has 6 nitrogen and oxygen atoms in total. The number of hydrogen-bond acceptors (Lipinski definition) is 5. The van der Waals surface area contributed by atoms with Gasteiger partial charge in [-0.15, -0.1) is 0 Å². The lowest BCUT2D eigenvalue weighted by molar-refractivity contribution is 0.0697. The first kappa shape index (κ1) is 13.4. The number of carbonyl (C=O) groups is 1. The third kappa shape index (κ3) is 4.39. The summed E-state index contributed by atoms with van der Waals surface area (Å²) in [6.07, 6.45) is 2.57. The number of aromatic nitrogens is 1. The molecule has 1 aromatic rings. The minimum absolute atomic E-state index is 0.0212. The van der Waals surface area contributed by atoms with Gasteiger partial charge in [-0.1, -0.05) is 0 Å². The molecule has 1 atom stereocenters. The van der Waals surface area contributed by atoms with Crippen LogP contribution >= 0.6 is 0 Å². The summed E-state index contributed by atoms with van der Waals surface area (Å²) in [6, 6.07) is 2.51. The maximum atomic E-state index is 11.1. The molecular weight excluding hydrogens is 244 g/mol. The number of pyridine rings is 1. The smallest absolute Gasteiger partial charge is 0.339 e. The maximum absolute atomic E-state index is 11.1. The number of hydrogen-bond donors (Lipinski definition) is 2. The molecule has 0 saturated heterocycles. The van der Waals surface area contributed by atoms with Gasteiger partial charge in [0, 0.05) is 18.5 Å². The highest BCUT2D eigenvalue weighted by Crippen LogP contribution is 2.12. The van der Waals surface area contributed by atoms with Gasteiger partial charge in [0.2, 0.25) is 0 Å². The zero-order valence-electron chi connectivity index (χ0n) is 9.54. The molecule has 1 aromatic heterocycles. The molecule has 0 saturated carbocycles. The predicted octanol–water partition coefficient (Wildman–Crippen LogP) is 0.625. The van der Waals surface area contributed by atoms with Crippen LogP contribution in [-0.2, 0) is 9.84 Å².